The van der Waals surface area contributed by atoms with Crippen molar-refractivity contribution < 1.29 is 23.8 Å². The van der Waals surface area contributed by atoms with Crippen molar-refractivity contribution in [3.8, 4) is 5.75 Å². The molecule has 4 aromatic rings. The number of pyridine rings is 1. The Kier molecular flexibility index (Phi) is 7.80. The van der Waals surface area contributed by atoms with Gasteiger partial charge in [-0.05, 0) is 47.5 Å². The van der Waals surface area contributed by atoms with Crippen molar-refractivity contribution >= 4 is 45.7 Å². The van der Waals surface area contributed by atoms with E-state index in [-0.39, 0.29) is 28.9 Å². The van der Waals surface area contributed by atoms with E-state index in [1.165, 1.54) is 41.2 Å². The lowest BCUT2D eigenvalue weighted by Crippen LogP contribution is -2.29. The van der Waals surface area contributed by atoms with E-state index in [0.29, 0.717) is 27.0 Å². The Morgan fingerprint density at radius 1 is 1.13 bits per heavy atom. The maximum Gasteiger partial charge on any atom is 0.301 e. The third-order valence-corrected chi connectivity index (χ3v) is 7.94. The minimum absolute atomic E-state index is 0.0808. The number of anilines is 1. The Morgan fingerprint density at radius 2 is 1.90 bits per heavy atom. The van der Waals surface area contributed by atoms with E-state index in [4.69, 9.17) is 4.74 Å². The SMILES string of the molecule is C=CCOc1cccc(C2/C(=C(\O)c3ccncc3)C(=O)C(=O)N2c2nnc(SCc3ccc(F)cc3)s2)c1. The molecule has 11 heteroatoms. The van der Waals surface area contributed by atoms with Crippen LogP contribution in [0.2, 0.25) is 0 Å². The van der Waals surface area contributed by atoms with E-state index in [9.17, 15) is 19.1 Å². The summed E-state index contributed by atoms with van der Waals surface area (Å²) in [5.74, 6) is -1.29. The van der Waals surface area contributed by atoms with Crippen molar-refractivity contribution in [3.63, 3.8) is 0 Å². The third-order valence-electron chi connectivity index (χ3n) is 5.82. The van der Waals surface area contributed by atoms with Crippen LogP contribution >= 0.6 is 23.1 Å². The van der Waals surface area contributed by atoms with Crippen LogP contribution in [0.3, 0.4) is 0 Å². The number of aliphatic hydroxyl groups is 1. The van der Waals surface area contributed by atoms with E-state index in [1.54, 1.807) is 54.6 Å². The zero-order valence-corrected chi connectivity index (χ0v) is 22.0. The molecular weight excluding hydrogens is 539 g/mol. The first-order valence-electron chi connectivity index (χ1n) is 11.7. The predicted molar refractivity (Wildman–Crippen MR) is 147 cm³/mol. The predicted octanol–water partition coefficient (Wildman–Crippen LogP) is 5.56. The number of Topliss-reactive ketones (excluding diaryl/α,β-unsaturated/α-hetero) is 1. The number of carbonyl (C=O) groups is 2. The number of nitrogens with zero attached hydrogens (tertiary/aromatic N) is 4. The van der Waals surface area contributed by atoms with E-state index >= 15 is 0 Å². The van der Waals surface area contributed by atoms with Gasteiger partial charge in [0.2, 0.25) is 5.13 Å². The van der Waals surface area contributed by atoms with Gasteiger partial charge < -0.3 is 9.84 Å². The molecule has 1 saturated heterocycles. The van der Waals surface area contributed by atoms with Gasteiger partial charge in [-0.3, -0.25) is 19.5 Å². The van der Waals surface area contributed by atoms with Crippen molar-refractivity contribution in [2.24, 2.45) is 0 Å². The molecule has 0 aliphatic carbocycles. The maximum atomic E-state index is 13.4. The van der Waals surface area contributed by atoms with Crippen molar-refractivity contribution in [1.29, 1.82) is 0 Å². The molecule has 2 aromatic carbocycles. The van der Waals surface area contributed by atoms with E-state index in [0.717, 1.165) is 16.9 Å². The number of carbonyl (C=O) groups excluding carboxylic acids is 2. The van der Waals surface area contributed by atoms with Crippen LogP contribution in [-0.4, -0.2) is 38.6 Å². The van der Waals surface area contributed by atoms with Crippen LogP contribution < -0.4 is 9.64 Å². The van der Waals surface area contributed by atoms with Gasteiger partial charge in [-0.2, -0.15) is 0 Å². The van der Waals surface area contributed by atoms with Crippen LogP contribution in [0.25, 0.3) is 5.76 Å². The molecule has 1 unspecified atom stereocenters. The molecule has 1 fully saturated rings. The smallest absolute Gasteiger partial charge is 0.301 e. The van der Waals surface area contributed by atoms with Gasteiger partial charge >= 0.3 is 5.91 Å². The van der Waals surface area contributed by atoms with Crippen LogP contribution in [0.1, 0.15) is 22.7 Å². The van der Waals surface area contributed by atoms with E-state index in [1.807, 2.05) is 0 Å². The molecule has 0 saturated carbocycles. The first kappa shape index (κ1) is 26.3. The molecule has 1 aliphatic rings. The molecule has 196 valence electrons. The number of aromatic nitrogens is 3. The summed E-state index contributed by atoms with van der Waals surface area (Å²) in [7, 11) is 0. The van der Waals surface area contributed by atoms with Crippen LogP contribution in [0.5, 0.6) is 5.75 Å². The normalized spacial score (nSPS) is 16.4. The van der Waals surface area contributed by atoms with Crippen LogP contribution in [-0.2, 0) is 15.3 Å². The Morgan fingerprint density at radius 3 is 2.64 bits per heavy atom. The number of halogens is 1. The number of ketones is 1. The summed E-state index contributed by atoms with van der Waals surface area (Å²) < 4.78 is 19.5. The first-order chi connectivity index (χ1) is 19.0. The highest BCUT2D eigenvalue weighted by atomic mass is 32.2. The zero-order valence-electron chi connectivity index (χ0n) is 20.4. The highest BCUT2D eigenvalue weighted by molar-refractivity contribution is 8.00. The number of hydrogen-bond acceptors (Lipinski definition) is 9. The Hall–Kier alpha value is -4.35. The number of ether oxygens (including phenoxy) is 1. The quantitative estimate of drug-likeness (QED) is 0.0709. The summed E-state index contributed by atoms with van der Waals surface area (Å²) in [5.41, 5.74) is 1.71. The largest absolute Gasteiger partial charge is 0.507 e. The highest BCUT2D eigenvalue weighted by Gasteiger charge is 2.48. The molecule has 39 heavy (non-hydrogen) atoms. The Labute approximate surface area is 231 Å². The van der Waals surface area contributed by atoms with Crippen molar-refractivity contribution in [3.05, 3.63) is 114 Å². The zero-order chi connectivity index (χ0) is 27.4. The first-order valence-corrected chi connectivity index (χ1v) is 13.5. The lowest BCUT2D eigenvalue weighted by atomic mass is 9.95. The fourth-order valence-corrected chi connectivity index (χ4v) is 5.85. The van der Waals surface area contributed by atoms with Gasteiger partial charge in [-0.25, -0.2) is 4.39 Å². The van der Waals surface area contributed by atoms with Gasteiger partial charge in [0.05, 0.1) is 11.6 Å². The summed E-state index contributed by atoms with van der Waals surface area (Å²) in [4.78, 5) is 31.9. The average Bonchev–Trinajstić information content (AvgIpc) is 3.53. The van der Waals surface area contributed by atoms with Gasteiger partial charge in [-0.1, -0.05) is 60.0 Å². The van der Waals surface area contributed by atoms with E-state index in [2.05, 4.69) is 21.8 Å². The van der Waals surface area contributed by atoms with Gasteiger partial charge in [-0.15, -0.1) is 10.2 Å². The van der Waals surface area contributed by atoms with Gasteiger partial charge in [0.15, 0.2) is 4.34 Å². The fraction of sp³-hybridized carbons (Fsp3) is 0.107. The van der Waals surface area contributed by atoms with Gasteiger partial charge in [0.1, 0.15) is 23.9 Å². The second kappa shape index (κ2) is 11.6. The Bertz CT molecular complexity index is 1560. The number of benzene rings is 2. The summed E-state index contributed by atoms with van der Waals surface area (Å²) in [6, 6.07) is 15.2. The number of thioether (sulfide) groups is 1. The average molecular weight is 561 g/mol. The molecule has 8 nitrogen and oxygen atoms in total. The molecule has 5 rings (SSSR count). The number of aliphatic hydroxyl groups excluding tert-OH is 1. The topological polar surface area (TPSA) is 106 Å². The third kappa shape index (κ3) is 5.59. The standard InChI is InChI=1S/C28H21FN4O4S2/c1-2-14-37-21-5-3-4-19(15-21)23-22(24(34)18-10-12-30-13-11-18)25(35)26(36)33(23)27-31-32-28(39-27)38-16-17-6-8-20(29)9-7-17/h2-13,15,23,34H,1,14,16H2/b24-22+. The maximum absolute atomic E-state index is 13.4. The molecule has 3 heterocycles. The molecule has 1 amide bonds. The molecule has 1 aliphatic heterocycles. The minimum atomic E-state index is -0.978. The second-order valence-corrected chi connectivity index (χ2v) is 10.5. The van der Waals surface area contributed by atoms with Gasteiger partial charge in [0, 0.05) is 23.7 Å². The molecule has 1 atom stereocenters. The molecular formula is C28H21FN4O4S2. The second-order valence-electron chi connectivity index (χ2n) is 8.34. The van der Waals surface area contributed by atoms with Crippen molar-refractivity contribution in [2.75, 3.05) is 11.5 Å². The molecule has 2 aromatic heterocycles. The number of amides is 1. The highest BCUT2D eigenvalue weighted by Crippen LogP contribution is 2.44. The lowest BCUT2D eigenvalue weighted by molar-refractivity contribution is -0.132. The molecule has 0 spiro atoms. The molecule has 0 bridgehead atoms. The van der Waals surface area contributed by atoms with Crippen LogP contribution in [0.4, 0.5) is 9.52 Å². The minimum Gasteiger partial charge on any atom is -0.507 e. The van der Waals surface area contributed by atoms with Crippen molar-refractivity contribution in [2.45, 2.75) is 16.1 Å². The van der Waals surface area contributed by atoms with Gasteiger partial charge in [0.25, 0.3) is 5.78 Å². The van der Waals surface area contributed by atoms with Crippen LogP contribution in [0.15, 0.2) is 95.6 Å². The lowest BCUT2D eigenvalue weighted by Gasteiger charge is -2.23. The van der Waals surface area contributed by atoms with Crippen LogP contribution in [0, 0.1) is 5.82 Å². The van der Waals surface area contributed by atoms with E-state index < -0.39 is 17.7 Å². The number of hydrogen-bond donors (Lipinski definition) is 1. The summed E-state index contributed by atoms with van der Waals surface area (Å²) in [6.07, 6.45) is 4.58. The Balaban J connectivity index is 1.54. The molecule has 0 radical (unpaired) electrons. The summed E-state index contributed by atoms with van der Waals surface area (Å²) >= 11 is 2.52. The molecule has 1 N–H and O–H groups in total. The summed E-state index contributed by atoms with van der Waals surface area (Å²) in [5, 5.41) is 19.8. The summed E-state index contributed by atoms with van der Waals surface area (Å²) in [6.45, 7) is 3.93. The van der Waals surface area contributed by atoms with Crippen molar-refractivity contribution in [1.82, 2.24) is 15.2 Å². The number of rotatable bonds is 9. The monoisotopic (exact) mass is 560 g/mol. The fourth-order valence-electron chi connectivity index (χ4n) is 4.02.